The Morgan fingerprint density at radius 1 is 0.444 bits per heavy atom. The molecular formula is C8HF17O2. The van der Waals surface area contributed by atoms with Gasteiger partial charge in [-0.25, -0.2) is 0 Å². The van der Waals surface area contributed by atoms with E-state index in [-0.39, 0.29) is 0 Å². The van der Waals surface area contributed by atoms with Crippen molar-refractivity contribution in [1.82, 2.24) is 0 Å². The van der Waals surface area contributed by atoms with Gasteiger partial charge in [-0.2, -0.15) is 74.6 Å². The first kappa shape index (κ1) is 25.7. The third-order valence-electron chi connectivity index (χ3n) is 2.64. The average Bonchev–Trinajstić information content (AvgIpc) is 2.30. The third kappa shape index (κ3) is 3.70. The topological polar surface area (TPSA) is 29.5 Å². The van der Waals surface area contributed by atoms with E-state index in [4.69, 9.17) is 5.11 Å². The SMILES string of the molecule is OC(C(F)(F)F)(C(F)(F)F)C(F)(F)C(F)(F)OC(F)(C(F)(F)F)C(F)(F)F. The summed E-state index contributed by atoms with van der Waals surface area (Å²) in [6, 6.07) is 0. The summed E-state index contributed by atoms with van der Waals surface area (Å²) in [5, 5.41) is 8.11. The molecule has 2 nitrogen and oxygen atoms in total. The van der Waals surface area contributed by atoms with Crippen LogP contribution in [0.25, 0.3) is 0 Å². The highest BCUT2D eigenvalue weighted by atomic mass is 19.4. The van der Waals surface area contributed by atoms with Crippen LogP contribution in [-0.4, -0.2) is 53.3 Å². The second-order valence-electron chi connectivity index (χ2n) is 4.49. The van der Waals surface area contributed by atoms with E-state index in [9.17, 15) is 74.6 Å². The van der Waals surface area contributed by atoms with Crippen LogP contribution in [0.1, 0.15) is 0 Å². The normalized spacial score (nSPS) is 16.7. The van der Waals surface area contributed by atoms with Crippen LogP contribution in [0.4, 0.5) is 74.6 Å². The number of ether oxygens (including phenoxy) is 1. The van der Waals surface area contributed by atoms with Crippen molar-refractivity contribution in [2.75, 3.05) is 0 Å². The van der Waals surface area contributed by atoms with Crippen LogP contribution in [0.5, 0.6) is 0 Å². The number of hydrogen-bond donors (Lipinski definition) is 1. The number of rotatable bonds is 4. The van der Waals surface area contributed by atoms with Crippen molar-refractivity contribution in [3.05, 3.63) is 0 Å². The minimum absolute atomic E-state index is 1.10. The summed E-state index contributed by atoms with van der Waals surface area (Å²) in [4.78, 5) is 0. The summed E-state index contributed by atoms with van der Waals surface area (Å²) < 4.78 is 211. The van der Waals surface area contributed by atoms with Crippen molar-refractivity contribution in [2.24, 2.45) is 0 Å². The largest absolute Gasteiger partial charge is 0.458 e. The van der Waals surface area contributed by atoms with Gasteiger partial charge in [0.15, 0.2) is 0 Å². The van der Waals surface area contributed by atoms with E-state index < -0.39 is 48.2 Å². The molecule has 0 aliphatic heterocycles. The molecule has 27 heavy (non-hydrogen) atoms. The lowest BCUT2D eigenvalue weighted by molar-refractivity contribution is -0.534. The molecule has 0 aliphatic carbocycles. The fourth-order valence-corrected chi connectivity index (χ4v) is 1.24. The van der Waals surface area contributed by atoms with E-state index in [1.807, 2.05) is 0 Å². The van der Waals surface area contributed by atoms with Crippen molar-refractivity contribution < 1.29 is 84.5 Å². The van der Waals surface area contributed by atoms with E-state index >= 15 is 0 Å². The van der Waals surface area contributed by atoms with Crippen molar-refractivity contribution in [1.29, 1.82) is 0 Å². The summed E-state index contributed by atoms with van der Waals surface area (Å²) >= 11 is 0. The van der Waals surface area contributed by atoms with Crippen molar-refractivity contribution >= 4 is 0 Å². The lowest BCUT2D eigenvalue weighted by Gasteiger charge is -2.42. The Balaban J connectivity index is 6.64. The van der Waals surface area contributed by atoms with Gasteiger partial charge in [0.2, 0.25) is 0 Å². The fraction of sp³-hybridized carbons (Fsp3) is 1.00. The maximum absolute atomic E-state index is 13.1. The van der Waals surface area contributed by atoms with Gasteiger partial charge in [0.05, 0.1) is 0 Å². The van der Waals surface area contributed by atoms with Gasteiger partial charge in [0.25, 0.3) is 0 Å². The molecule has 164 valence electrons. The predicted octanol–water partition coefficient (Wildman–Crippen LogP) is 4.88. The Morgan fingerprint density at radius 3 is 0.889 bits per heavy atom. The van der Waals surface area contributed by atoms with E-state index in [2.05, 4.69) is 0 Å². The molecule has 19 heteroatoms. The molecule has 0 aromatic heterocycles. The first-order valence-corrected chi connectivity index (χ1v) is 5.34. The van der Waals surface area contributed by atoms with Crippen molar-refractivity contribution in [3.8, 4) is 0 Å². The second kappa shape index (κ2) is 6.11. The number of hydrogen-bond acceptors (Lipinski definition) is 2. The summed E-state index contributed by atoms with van der Waals surface area (Å²) in [6.45, 7) is 0. The average molecular weight is 452 g/mol. The van der Waals surface area contributed by atoms with Crippen LogP contribution in [0.15, 0.2) is 0 Å². The number of alkyl halides is 17. The summed E-state index contributed by atoms with van der Waals surface area (Å²) in [6.07, 6.45) is -39.3. The molecule has 0 aromatic carbocycles. The predicted molar refractivity (Wildman–Crippen MR) is 44.0 cm³/mol. The maximum atomic E-state index is 13.1. The highest BCUT2D eigenvalue weighted by Crippen LogP contribution is 2.59. The molecule has 0 saturated heterocycles. The molecule has 0 fully saturated rings. The van der Waals surface area contributed by atoms with Crippen molar-refractivity contribution in [3.63, 3.8) is 0 Å². The molecule has 0 amide bonds. The quantitative estimate of drug-likeness (QED) is 0.617. The number of halogens is 17. The van der Waals surface area contributed by atoms with Gasteiger partial charge >= 0.3 is 48.2 Å². The molecule has 0 saturated carbocycles. The second-order valence-corrected chi connectivity index (χ2v) is 4.49. The first-order chi connectivity index (χ1) is 11.2. The van der Waals surface area contributed by atoms with E-state index in [0.717, 1.165) is 4.74 Å². The molecule has 0 radical (unpaired) electrons. The Labute approximate surface area is 134 Å². The van der Waals surface area contributed by atoms with Gasteiger partial charge < -0.3 is 5.11 Å². The lowest BCUT2D eigenvalue weighted by atomic mass is 9.92. The maximum Gasteiger partial charge on any atom is 0.458 e. The zero-order chi connectivity index (χ0) is 22.7. The summed E-state index contributed by atoms with van der Waals surface area (Å²) in [5.41, 5.74) is -7.94. The van der Waals surface area contributed by atoms with Crippen LogP contribution >= 0.6 is 0 Å². The molecule has 0 aliphatic rings. The first-order valence-electron chi connectivity index (χ1n) is 5.34. The number of aliphatic hydroxyl groups is 1. The smallest absolute Gasteiger partial charge is 0.369 e. The molecule has 0 rings (SSSR count). The van der Waals surface area contributed by atoms with Crippen LogP contribution < -0.4 is 0 Å². The van der Waals surface area contributed by atoms with E-state index in [1.165, 1.54) is 0 Å². The van der Waals surface area contributed by atoms with Gasteiger partial charge in [0.1, 0.15) is 0 Å². The van der Waals surface area contributed by atoms with Gasteiger partial charge in [-0.3, -0.25) is 4.74 Å². The van der Waals surface area contributed by atoms with Crippen LogP contribution in [0.3, 0.4) is 0 Å². The van der Waals surface area contributed by atoms with E-state index in [1.54, 1.807) is 0 Å². The van der Waals surface area contributed by atoms with Crippen molar-refractivity contribution in [2.45, 2.75) is 48.2 Å². The minimum Gasteiger partial charge on any atom is -0.369 e. The zero-order valence-corrected chi connectivity index (χ0v) is 11.3. The van der Waals surface area contributed by atoms with Crippen LogP contribution in [-0.2, 0) is 4.74 Å². The standard InChI is InChI=1S/C8HF17O2/c9-2(10,1(26,4(12,13)14)5(15,16)17)8(24,25)27-3(11,6(18,19)20)7(21,22)23/h26H. The molecule has 0 aromatic rings. The fourth-order valence-electron chi connectivity index (χ4n) is 1.24. The monoisotopic (exact) mass is 452 g/mol. The Bertz CT molecular complexity index is 505. The highest BCUT2D eigenvalue weighted by molar-refractivity contribution is 5.09. The van der Waals surface area contributed by atoms with Crippen LogP contribution in [0.2, 0.25) is 0 Å². The van der Waals surface area contributed by atoms with Gasteiger partial charge in [-0.15, -0.1) is 0 Å². The summed E-state index contributed by atoms with van der Waals surface area (Å²) in [7, 11) is 0. The summed E-state index contributed by atoms with van der Waals surface area (Å²) in [5.74, 6) is -16.2. The van der Waals surface area contributed by atoms with Gasteiger partial charge in [0, 0.05) is 0 Å². The van der Waals surface area contributed by atoms with Crippen LogP contribution in [0, 0.1) is 0 Å². The molecule has 1 N–H and O–H groups in total. The minimum atomic E-state index is -8.33. The molecular weight excluding hydrogens is 451 g/mol. The molecule has 0 bridgehead atoms. The zero-order valence-electron chi connectivity index (χ0n) is 11.3. The lowest BCUT2D eigenvalue weighted by Crippen LogP contribution is -2.74. The Hall–Kier alpha value is -1.27. The highest BCUT2D eigenvalue weighted by Gasteiger charge is 2.91. The molecule has 0 spiro atoms. The molecule has 0 unspecified atom stereocenters. The third-order valence-corrected chi connectivity index (χ3v) is 2.64. The van der Waals surface area contributed by atoms with E-state index in [0.29, 0.717) is 0 Å². The molecule has 0 atom stereocenters. The Morgan fingerprint density at radius 2 is 0.704 bits per heavy atom. The van der Waals surface area contributed by atoms with Gasteiger partial charge in [-0.1, -0.05) is 0 Å². The molecule has 0 heterocycles. The van der Waals surface area contributed by atoms with Gasteiger partial charge in [-0.05, 0) is 0 Å². The Kier molecular flexibility index (Phi) is 5.83.